The van der Waals surface area contributed by atoms with E-state index in [1.807, 2.05) is 30.3 Å². The van der Waals surface area contributed by atoms with Crippen molar-refractivity contribution in [1.29, 1.82) is 0 Å². The summed E-state index contributed by atoms with van der Waals surface area (Å²) in [4.78, 5) is 56.9. The monoisotopic (exact) mass is 543 g/mol. The smallest absolute Gasteiger partial charge is 0.309 e. The molecule has 4 rings (SSSR count). The van der Waals surface area contributed by atoms with Gasteiger partial charge in [-0.2, -0.15) is 0 Å². The minimum Gasteiger partial charge on any atom is -0.466 e. The van der Waals surface area contributed by atoms with E-state index in [1.54, 1.807) is 45.0 Å². The first kappa shape index (κ1) is 28.5. The molecule has 0 saturated heterocycles. The van der Waals surface area contributed by atoms with Crippen LogP contribution in [0.25, 0.3) is 21.7 Å². The minimum atomic E-state index is -0.718. The molecular formula is C31H33N3O6. The number of H-pyrrole nitrogens is 1. The predicted molar refractivity (Wildman–Crippen MR) is 153 cm³/mol. The van der Waals surface area contributed by atoms with Gasteiger partial charge in [0, 0.05) is 30.6 Å². The van der Waals surface area contributed by atoms with Crippen molar-refractivity contribution < 1.29 is 23.9 Å². The number of benzene rings is 3. The number of nitrogens with zero attached hydrogens (tertiary/aromatic N) is 1. The summed E-state index contributed by atoms with van der Waals surface area (Å²) in [5.74, 6) is -1.24. The maximum Gasteiger partial charge on any atom is 0.309 e. The van der Waals surface area contributed by atoms with Gasteiger partial charge in [0.2, 0.25) is 0 Å². The van der Waals surface area contributed by atoms with Gasteiger partial charge in [-0.15, -0.1) is 0 Å². The number of nitrogens with one attached hydrogen (secondary N) is 2. The maximum atomic E-state index is 12.9. The second kappa shape index (κ2) is 13.0. The Kier molecular flexibility index (Phi) is 9.27. The summed E-state index contributed by atoms with van der Waals surface area (Å²) in [6.07, 6.45) is 0.178. The van der Waals surface area contributed by atoms with Crippen LogP contribution < -0.4 is 10.9 Å². The summed E-state index contributed by atoms with van der Waals surface area (Å²) < 4.78 is 10.1. The van der Waals surface area contributed by atoms with Gasteiger partial charge in [-0.3, -0.25) is 19.2 Å². The molecule has 1 heterocycles. The fourth-order valence-electron chi connectivity index (χ4n) is 4.64. The summed E-state index contributed by atoms with van der Waals surface area (Å²) in [6, 6.07) is 16.8. The molecule has 9 nitrogen and oxygen atoms in total. The lowest BCUT2D eigenvalue weighted by Crippen LogP contribution is -2.22. The molecule has 1 atom stereocenters. The Bertz CT molecular complexity index is 1590. The molecule has 0 aliphatic rings. The molecule has 3 aromatic carbocycles. The number of aromatic amines is 1. The number of carbonyl (C=O) groups excluding carboxylic acids is 3. The largest absolute Gasteiger partial charge is 0.466 e. The second-order valence-corrected chi connectivity index (χ2v) is 9.52. The van der Waals surface area contributed by atoms with Crippen LogP contribution in [0.15, 0.2) is 59.4 Å². The Balaban J connectivity index is 1.42. The molecule has 2 N–H and O–H groups in total. The molecule has 0 radical (unpaired) electrons. The topological polar surface area (TPSA) is 127 Å². The molecule has 1 aromatic heterocycles. The first-order valence-electron chi connectivity index (χ1n) is 13.4. The average Bonchev–Trinajstić information content (AvgIpc) is 2.94. The Morgan fingerprint density at radius 3 is 2.42 bits per heavy atom. The molecule has 40 heavy (non-hydrogen) atoms. The van der Waals surface area contributed by atoms with Gasteiger partial charge in [0.1, 0.15) is 5.82 Å². The number of Topliss-reactive ketones (excluding diaryl/α,β-unsaturated/α-hetero) is 1. The lowest BCUT2D eigenvalue weighted by atomic mass is 9.94. The van der Waals surface area contributed by atoms with Gasteiger partial charge in [-0.25, -0.2) is 4.98 Å². The number of hydrogen-bond donors (Lipinski definition) is 2. The van der Waals surface area contributed by atoms with Crippen molar-refractivity contribution >= 4 is 45.1 Å². The highest BCUT2D eigenvalue weighted by Gasteiger charge is 2.25. The van der Waals surface area contributed by atoms with Gasteiger partial charge in [-0.05, 0) is 79.9 Å². The van der Waals surface area contributed by atoms with Crippen molar-refractivity contribution in [3.05, 3.63) is 81.9 Å². The van der Waals surface area contributed by atoms with Crippen LogP contribution >= 0.6 is 0 Å². The average molecular weight is 544 g/mol. The molecule has 0 saturated carbocycles. The fourth-order valence-corrected chi connectivity index (χ4v) is 4.64. The van der Waals surface area contributed by atoms with Crippen LogP contribution in [0.2, 0.25) is 0 Å². The normalized spacial score (nSPS) is 11.8. The third-order valence-electron chi connectivity index (χ3n) is 6.63. The number of anilines is 1. The highest BCUT2D eigenvalue weighted by atomic mass is 16.5. The van der Waals surface area contributed by atoms with E-state index in [-0.39, 0.29) is 43.8 Å². The van der Waals surface area contributed by atoms with E-state index in [0.717, 1.165) is 22.0 Å². The Morgan fingerprint density at radius 1 is 0.975 bits per heavy atom. The standard InChI is InChI=1S/C31H33N3O6/c1-4-39-28(36)15-11-23(31(38)40-5-2)17-27(35)22-8-12-24(13-9-22)32-18-20-6-7-21-10-14-26-29(25(21)16-20)30(37)34-19(3)33-26/h6-10,12-14,16,23,32H,4-5,11,15,17-18H2,1-3H3,(H,33,34,37). The van der Waals surface area contributed by atoms with Crippen molar-refractivity contribution in [3.8, 4) is 0 Å². The Hall–Kier alpha value is -4.53. The molecule has 0 aliphatic carbocycles. The minimum absolute atomic E-state index is 0.0442. The number of esters is 2. The van der Waals surface area contributed by atoms with E-state index in [4.69, 9.17) is 9.47 Å². The first-order chi connectivity index (χ1) is 19.3. The Labute approximate surface area is 231 Å². The van der Waals surface area contributed by atoms with Gasteiger partial charge in [-0.1, -0.05) is 18.2 Å². The van der Waals surface area contributed by atoms with Crippen molar-refractivity contribution in [1.82, 2.24) is 9.97 Å². The summed E-state index contributed by atoms with van der Waals surface area (Å²) in [7, 11) is 0. The van der Waals surface area contributed by atoms with Crippen LogP contribution in [0.3, 0.4) is 0 Å². The molecule has 0 spiro atoms. The number of aromatic nitrogens is 2. The number of carbonyl (C=O) groups is 3. The Morgan fingerprint density at radius 2 is 1.70 bits per heavy atom. The molecule has 0 fully saturated rings. The van der Waals surface area contributed by atoms with Crippen molar-refractivity contribution in [2.24, 2.45) is 5.92 Å². The first-order valence-corrected chi connectivity index (χ1v) is 13.4. The lowest BCUT2D eigenvalue weighted by molar-refractivity contribution is -0.149. The molecule has 4 aromatic rings. The van der Waals surface area contributed by atoms with Crippen LogP contribution in [0, 0.1) is 12.8 Å². The molecule has 1 unspecified atom stereocenters. The molecule has 208 valence electrons. The highest BCUT2D eigenvalue weighted by Crippen LogP contribution is 2.24. The van der Waals surface area contributed by atoms with Crippen molar-refractivity contribution in [2.75, 3.05) is 18.5 Å². The van der Waals surface area contributed by atoms with Crippen LogP contribution in [-0.4, -0.2) is 40.9 Å². The van der Waals surface area contributed by atoms with Gasteiger partial charge < -0.3 is 19.8 Å². The van der Waals surface area contributed by atoms with Crippen LogP contribution in [-0.2, 0) is 25.6 Å². The summed E-state index contributed by atoms with van der Waals surface area (Å²) in [5.41, 5.74) is 2.76. The van der Waals surface area contributed by atoms with E-state index in [9.17, 15) is 19.2 Å². The van der Waals surface area contributed by atoms with E-state index < -0.39 is 17.9 Å². The fraction of sp³-hybridized carbons (Fsp3) is 0.323. The van der Waals surface area contributed by atoms with Crippen molar-refractivity contribution in [2.45, 2.75) is 46.6 Å². The predicted octanol–water partition coefficient (Wildman–Crippen LogP) is 5.09. The quantitative estimate of drug-likeness (QED) is 0.144. The van der Waals surface area contributed by atoms with Gasteiger partial charge in [0.25, 0.3) is 5.56 Å². The molecule has 9 heteroatoms. The van der Waals surface area contributed by atoms with Gasteiger partial charge >= 0.3 is 11.9 Å². The molecule has 0 bridgehead atoms. The van der Waals surface area contributed by atoms with Gasteiger partial charge in [0.05, 0.1) is 30.0 Å². The van der Waals surface area contributed by atoms with Crippen molar-refractivity contribution in [3.63, 3.8) is 0 Å². The van der Waals surface area contributed by atoms with Crippen LogP contribution in [0.4, 0.5) is 5.69 Å². The third kappa shape index (κ3) is 6.91. The SMILES string of the molecule is CCOC(=O)CCC(CC(=O)c1ccc(NCc2ccc3ccc4nc(C)[nH]c(=O)c4c3c2)cc1)C(=O)OCC. The molecule has 0 amide bonds. The number of fused-ring (bicyclic) bond motifs is 3. The number of hydrogen-bond acceptors (Lipinski definition) is 8. The van der Waals surface area contributed by atoms with Crippen LogP contribution in [0.1, 0.15) is 54.9 Å². The third-order valence-corrected chi connectivity index (χ3v) is 6.63. The van der Waals surface area contributed by atoms with E-state index >= 15 is 0 Å². The lowest BCUT2D eigenvalue weighted by Gasteiger charge is -2.15. The maximum absolute atomic E-state index is 12.9. The zero-order valence-corrected chi connectivity index (χ0v) is 22.9. The van der Waals surface area contributed by atoms with E-state index in [2.05, 4.69) is 15.3 Å². The van der Waals surface area contributed by atoms with Gasteiger partial charge in [0.15, 0.2) is 5.78 Å². The van der Waals surface area contributed by atoms with E-state index in [0.29, 0.717) is 28.8 Å². The van der Waals surface area contributed by atoms with E-state index in [1.165, 1.54) is 0 Å². The second-order valence-electron chi connectivity index (χ2n) is 9.52. The molecule has 0 aliphatic heterocycles. The number of ketones is 1. The summed E-state index contributed by atoms with van der Waals surface area (Å²) >= 11 is 0. The number of rotatable bonds is 12. The highest BCUT2D eigenvalue weighted by molar-refractivity contribution is 6.05. The number of aryl methyl sites for hydroxylation is 1. The summed E-state index contributed by atoms with van der Waals surface area (Å²) in [5, 5.41) is 5.71. The zero-order chi connectivity index (χ0) is 28.6. The number of ether oxygens (including phenoxy) is 2. The zero-order valence-electron chi connectivity index (χ0n) is 22.9. The van der Waals surface area contributed by atoms with Crippen LogP contribution in [0.5, 0.6) is 0 Å². The molecular weight excluding hydrogens is 510 g/mol. The summed E-state index contributed by atoms with van der Waals surface area (Å²) in [6.45, 7) is 6.14.